The summed E-state index contributed by atoms with van der Waals surface area (Å²) >= 11 is 0. The summed E-state index contributed by atoms with van der Waals surface area (Å²) in [6.07, 6.45) is 0.512. The molecule has 2 aromatic carbocycles. The molecule has 0 radical (unpaired) electrons. The minimum atomic E-state index is -0.658. The predicted octanol–water partition coefficient (Wildman–Crippen LogP) is 3.94. The highest BCUT2D eigenvalue weighted by Gasteiger charge is 2.26. The SMILES string of the molecule is Cc1ccccc1C(=O)NC(CC(C)C)C(=O)N(C)Cc1ccccc1F. The third kappa shape index (κ3) is 5.64. The molecule has 5 heteroatoms. The lowest BCUT2D eigenvalue weighted by molar-refractivity contribution is -0.132. The molecule has 0 heterocycles. The zero-order chi connectivity index (χ0) is 20.0. The van der Waals surface area contributed by atoms with E-state index in [1.54, 1.807) is 37.4 Å². The number of hydrogen-bond acceptors (Lipinski definition) is 2. The molecule has 1 atom stereocenters. The Hall–Kier alpha value is -2.69. The van der Waals surface area contributed by atoms with E-state index < -0.39 is 6.04 Å². The van der Waals surface area contributed by atoms with Crippen molar-refractivity contribution in [2.75, 3.05) is 7.05 Å². The average molecular weight is 370 g/mol. The molecule has 0 saturated carbocycles. The van der Waals surface area contributed by atoms with Gasteiger partial charge in [0.2, 0.25) is 5.91 Å². The van der Waals surface area contributed by atoms with Gasteiger partial charge in [0.05, 0.1) is 0 Å². The zero-order valence-electron chi connectivity index (χ0n) is 16.3. The summed E-state index contributed by atoms with van der Waals surface area (Å²) in [5.41, 5.74) is 1.85. The third-order valence-corrected chi connectivity index (χ3v) is 4.44. The van der Waals surface area contributed by atoms with Crippen molar-refractivity contribution < 1.29 is 14.0 Å². The molecule has 1 N–H and O–H groups in total. The molecule has 4 nitrogen and oxygen atoms in total. The number of likely N-dealkylation sites (N-methyl/N-ethyl adjacent to an activating group) is 1. The number of carbonyl (C=O) groups is 2. The number of nitrogens with zero attached hydrogens (tertiary/aromatic N) is 1. The summed E-state index contributed by atoms with van der Waals surface area (Å²) in [4.78, 5) is 27.1. The minimum absolute atomic E-state index is 0.153. The number of rotatable bonds is 7. The lowest BCUT2D eigenvalue weighted by atomic mass is 10.0. The molecule has 0 aromatic heterocycles. The second-order valence-electron chi connectivity index (χ2n) is 7.26. The second-order valence-corrected chi connectivity index (χ2v) is 7.26. The van der Waals surface area contributed by atoms with Crippen LogP contribution < -0.4 is 5.32 Å². The van der Waals surface area contributed by atoms with Crippen molar-refractivity contribution in [3.05, 3.63) is 71.0 Å². The highest BCUT2D eigenvalue weighted by molar-refractivity contribution is 5.98. The summed E-state index contributed by atoms with van der Waals surface area (Å²) < 4.78 is 13.9. The van der Waals surface area contributed by atoms with E-state index in [0.717, 1.165) is 5.56 Å². The molecule has 27 heavy (non-hydrogen) atoms. The lowest BCUT2D eigenvalue weighted by Gasteiger charge is -2.26. The maximum atomic E-state index is 13.9. The minimum Gasteiger partial charge on any atom is -0.340 e. The first-order chi connectivity index (χ1) is 12.8. The molecular formula is C22H27FN2O2. The summed E-state index contributed by atoms with van der Waals surface area (Å²) in [7, 11) is 1.63. The van der Waals surface area contributed by atoms with E-state index in [2.05, 4.69) is 5.32 Å². The molecule has 0 aliphatic rings. The number of benzene rings is 2. The van der Waals surface area contributed by atoms with E-state index >= 15 is 0 Å². The molecule has 2 aromatic rings. The van der Waals surface area contributed by atoms with Crippen molar-refractivity contribution in [2.45, 2.75) is 39.8 Å². The first kappa shape index (κ1) is 20.6. The van der Waals surface area contributed by atoms with Crippen LogP contribution in [0.5, 0.6) is 0 Å². The Bertz CT molecular complexity index is 804. The van der Waals surface area contributed by atoms with Crippen LogP contribution in [0.3, 0.4) is 0 Å². The highest BCUT2D eigenvalue weighted by atomic mass is 19.1. The molecule has 0 aliphatic carbocycles. The van der Waals surface area contributed by atoms with Gasteiger partial charge in [0.15, 0.2) is 0 Å². The smallest absolute Gasteiger partial charge is 0.252 e. The van der Waals surface area contributed by atoms with Gasteiger partial charge in [-0.1, -0.05) is 50.2 Å². The molecular weight excluding hydrogens is 343 g/mol. The fourth-order valence-corrected chi connectivity index (χ4v) is 2.98. The summed E-state index contributed by atoms with van der Waals surface area (Å²) in [6.45, 7) is 6.01. The number of hydrogen-bond donors (Lipinski definition) is 1. The van der Waals surface area contributed by atoms with Gasteiger partial charge in [0.25, 0.3) is 5.91 Å². The molecule has 144 valence electrons. The number of carbonyl (C=O) groups excluding carboxylic acids is 2. The van der Waals surface area contributed by atoms with Gasteiger partial charge in [0.1, 0.15) is 11.9 Å². The van der Waals surface area contributed by atoms with Gasteiger partial charge >= 0.3 is 0 Å². The third-order valence-electron chi connectivity index (χ3n) is 4.44. The van der Waals surface area contributed by atoms with Gasteiger partial charge in [-0.25, -0.2) is 4.39 Å². The molecule has 0 aliphatic heterocycles. The Morgan fingerprint density at radius 2 is 1.70 bits per heavy atom. The molecule has 2 amide bonds. The van der Waals surface area contributed by atoms with Crippen LogP contribution >= 0.6 is 0 Å². The fraction of sp³-hybridized carbons (Fsp3) is 0.364. The van der Waals surface area contributed by atoms with Crippen LogP contribution in [0.1, 0.15) is 41.8 Å². The van der Waals surface area contributed by atoms with E-state index in [1.165, 1.54) is 11.0 Å². The number of aryl methyl sites for hydroxylation is 1. The van der Waals surface area contributed by atoms with Crippen molar-refractivity contribution >= 4 is 11.8 Å². The Kier molecular flexibility index (Phi) is 7.11. The molecule has 0 fully saturated rings. The van der Waals surface area contributed by atoms with Crippen LogP contribution in [0.2, 0.25) is 0 Å². The van der Waals surface area contributed by atoms with Crippen LogP contribution in [-0.2, 0) is 11.3 Å². The Balaban J connectivity index is 2.14. The molecule has 1 unspecified atom stereocenters. The normalized spacial score (nSPS) is 11.9. The van der Waals surface area contributed by atoms with Crippen LogP contribution in [-0.4, -0.2) is 29.8 Å². The van der Waals surface area contributed by atoms with Crippen LogP contribution in [0.4, 0.5) is 4.39 Å². The van der Waals surface area contributed by atoms with E-state index in [9.17, 15) is 14.0 Å². The van der Waals surface area contributed by atoms with Crippen molar-refractivity contribution in [1.29, 1.82) is 0 Å². The molecule has 0 bridgehead atoms. The average Bonchev–Trinajstić information content (AvgIpc) is 2.62. The second kappa shape index (κ2) is 9.31. The van der Waals surface area contributed by atoms with Gasteiger partial charge in [-0.2, -0.15) is 0 Å². The van der Waals surface area contributed by atoms with Crippen molar-refractivity contribution in [2.24, 2.45) is 5.92 Å². The number of nitrogens with one attached hydrogen (secondary N) is 1. The first-order valence-corrected chi connectivity index (χ1v) is 9.14. The van der Waals surface area contributed by atoms with E-state index in [-0.39, 0.29) is 30.1 Å². The maximum absolute atomic E-state index is 13.9. The molecule has 0 spiro atoms. The zero-order valence-corrected chi connectivity index (χ0v) is 16.3. The Labute approximate surface area is 160 Å². The maximum Gasteiger partial charge on any atom is 0.252 e. The Morgan fingerprint density at radius 1 is 1.07 bits per heavy atom. The summed E-state index contributed by atoms with van der Waals surface area (Å²) in [5, 5.41) is 2.86. The van der Waals surface area contributed by atoms with Crippen LogP contribution in [0, 0.1) is 18.7 Å². The summed E-state index contributed by atoms with van der Waals surface area (Å²) in [5.74, 6) is -0.625. The molecule has 2 rings (SSSR count). The topological polar surface area (TPSA) is 49.4 Å². The lowest BCUT2D eigenvalue weighted by Crippen LogP contribution is -2.48. The van der Waals surface area contributed by atoms with E-state index in [1.807, 2.05) is 32.9 Å². The van der Waals surface area contributed by atoms with Gasteiger partial charge in [0, 0.05) is 24.7 Å². The van der Waals surface area contributed by atoms with Crippen molar-refractivity contribution in [1.82, 2.24) is 10.2 Å². The number of halogens is 1. The Morgan fingerprint density at radius 3 is 2.33 bits per heavy atom. The fourth-order valence-electron chi connectivity index (χ4n) is 2.98. The largest absolute Gasteiger partial charge is 0.340 e. The van der Waals surface area contributed by atoms with E-state index in [0.29, 0.717) is 17.5 Å². The quantitative estimate of drug-likeness (QED) is 0.803. The van der Waals surface area contributed by atoms with Crippen LogP contribution in [0.25, 0.3) is 0 Å². The van der Waals surface area contributed by atoms with Gasteiger partial charge in [-0.05, 0) is 37.0 Å². The number of amides is 2. The summed E-state index contributed by atoms with van der Waals surface area (Å²) in [6, 6.07) is 13.0. The van der Waals surface area contributed by atoms with Gasteiger partial charge < -0.3 is 10.2 Å². The van der Waals surface area contributed by atoms with Crippen LogP contribution in [0.15, 0.2) is 48.5 Å². The molecule has 0 saturated heterocycles. The van der Waals surface area contributed by atoms with Crippen molar-refractivity contribution in [3.8, 4) is 0 Å². The standard InChI is InChI=1S/C22H27FN2O2/c1-15(2)13-20(24-21(26)18-11-7-5-9-16(18)3)22(27)25(4)14-17-10-6-8-12-19(17)23/h5-12,15,20H,13-14H2,1-4H3,(H,24,26). The first-order valence-electron chi connectivity index (χ1n) is 9.14. The monoisotopic (exact) mass is 370 g/mol. The van der Waals surface area contributed by atoms with Crippen molar-refractivity contribution in [3.63, 3.8) is 0 Å². The van der Waals surface area contributed by atoms with E-state index in [4.69, 9.17) is 0 Å². The van der Waals surface area contributed by atoms with Gasteiger partial charge in [-0.3, -0.25) is 9.59 Å². The van der Waals surface area contributed by atoms with Gasteiger partial charge in [-0.15, -0.1) is 0 Å². The highest BCUT2D eigenvalue weighted by Crippen LogP contribution is 2.14. The predicted molar refractivity (Wildman–Crippen MR) is 105 cm³/mol.